The third-order valence-corrected chi connectivity index (χ3v) is 13.2. The van der Waals surface area contributed by atoms with Crippen LogP contribution in [0, 0.1) is 0 Å². The molecule has 12 rings (SSSR count). The van der Waals surface area contributed by atoms with Gasteiger partial charge in [-0.05, 0) is 93.4 Å². The first-order valence-corrected chi connectivity index (χ1v) is 20.1. The van der Waals surface area contributed by atoms with Gasteiger partial charge in [0.2, 0.25) is 0 Å². The lowest BCUT2D eigenvalue weighted by Gasteiger charge is -2.40. The molecule has 0 N–H and O–H groups in total. The maximum atomic E-state index is 2.56. The number of para-hydroxylation sites is 2. The molecule has 0 fully saturated rings. The quantitative estimate of drug-likeness (QED) is 0.178. The Kier molecular flexibility index (Phi) is 6.81. The minimum Gasteiger partial charge on any atom is -0.311 e. The second-order valence-electron chi connectivity index (χ2n) is 14.8. The summed E-state index contributed by atoms with van der Waals surface area (Å²) < 4.78 is 2.56. The summed E-state index contributed by atoms with van der Waals surface area (Å²) in [6.07, 6.45) is 0. The first kappa shape index (κ1) is 31.5. The van der Waals surface area contributed by atoms with Crippen LogP contribution in [0.2, 0.25) is 0 Å². The van der Waals surface area contributed by atoms with Crippen LogP contribution in [0.1, 0.15) is 22.3 Å². The highest BCUT2D eigenvalue weighted by atomic mass is 32.2. The zero-order chi connectivity index (χ0) is 36.8. The van der Waals surface area contributed by atoms with Crippen molar-refractivity contribution in [1.29, 1.82) is 0 Å². The molecule has 0 radical (unpaired) electrons. The molecule has 0 saturated heterocycles. The van der Waals surface area contributed by atoms with Gasteiger partial charge in [-0.1, -0.05) is 163 Å². The predicted molar refractivity (Wildman–Crippen MR) is 234 cm³/mol. The van der Waals surface area contributed by atoms with Crippen LogP contribution in [0.25, 0.3) is 49.4 Å². The van der Waals surface area contributed by atoms with E-state index < -0.39 is 5.41 Å². The molecule has 1 aromatic heterocycles. The minimum absolute atomic E-state index is 0.447. The van der Waals surface area contributed by atoms with E-state index in [9.17, 15) is 0 Å². The van der Waals surface area contributed by atoms with E-state index in [1.165, 1.54) is 75.7 Å². The average molecular weight is 731 g/mol. The van der Waals surface area contributed by atoms with E-state index in [2.05, 4.69) is 216 Å². The topological polar surface area (TPSA) is 8.17 Å². The number of nitrogens with zero attached hydrogens (tertiary/aromatic N) is 2. The Hall–Kier alpha value is -6.81. The standard InChI is InChI=1S/C53H34N2S/c1-3-16-36(17-4-1)54(37-18-5-2-6-19-37)38-28-30-39(31-29-38)55-50-40-20-8-7-15-35(40)27-32-43(50)44-33-34-48-52(51(44)55)56-49-26-14-13-25-47(49)53(48)45-23-11-9-21-41(45)42-22-10-12-24-46(42)53/h1-34H. The largest absolute Gasteiger partial charge is 0.311 e. The van der Waals surface area contributed by atoms with Gasteiger partial charge < -0.3 is 9.47 Å². The van der Waals surface area contributed by atoms with Crippen molar-refractivity contribution in [2.75, 3.05) is 4.90 Å². The normalized spacial score (nSPS) is 13.4. The Labute approximate surface area is 329 Å². The SMILES string of the molecule is c1ccc(N(c2ccccc2)c2ccc(-n3c4c5c(ccc4c4ccc6ccccc6c43)C3(c4ccccc4S5)c4ccccc4-c4ccccc43)cc2)cc1. The number of benzene rings is 9. The average Bonchev–Trinajstić information content (AvgIpc) is 3.77. The van der Waals surface area contributed by atoms with Crippen molar-refractivity contribution in [1.82, 2.24) is 4.57 Å². The van der Waals surface area contributed by atoms with Crippen molar-refractivity contribution in [3.63, 3.8) is 0 Å². The van der Waals surface area contributed by atoms with Gasteiger partial charge in [-0.2, -0.15) is 0 Å². The van der Waals surface area contributed by atoms with Crippen LogP contribution in [-0.4, -0.2) is 4.57 Å². The Balaban J connectivity index is 1.17. The van der Waals surface area contributed by atoms with Gasteiger partial charge in [0.05, 0.1) is 16.4 Å². The summed E-state index contributed by atoms with van der Waals surface area (Å²) in [4.78, 5) is 4.95. The molecule has 0 amide bonds. The molecule has 1 aliphatic heterocycles. The first-order valence-electron chi connectivity index (χ1n) is 19.3. The fourth-order valence-corrected chi connectivity index (χ4v) is 11.1. The first-order chi connectivity index (χ1) is 27.8. The molecule has 262 valence electrons. The minimum atomic E-state index is -0.447. The summed E-state index contributed by atoms with van der Waals surface area (Å²) in [5.74, 6) is 0. The van der Waals surface area contributed by atoms with Crippen molar-refractivity contribution >= 4 is 61.4 Å². The monoisotopic (exact) mass is 730 g/mol. The maximum absolute atomic E-state index is 2.56. The van der Waals surface area contributed by atoms with Gasteiger partial charge >= 0.3 is 0 Å². The third-order valence-electron chi connectivity index (χ3n) is 12.0. The fraction of sp³-hybridized carbons (Fsp3) is 0.0189. The molecule has 9 aromatic carbocycles. The number of fused-ring (bicyclic) bond motifs is 15. The number of rotatable bonds is 4. The number of hydrogen-bond acceptors (Lipinski definition) is 2. The molecule has 2 heterocycles. The van der Waals surface area contributed by atoms with Crippen LogP contribution in [0.5, 0.6) is 0 Å². The molecule has 2 nitrogen and oxygen atoms in total. The Bertz CT molecular complexity index is 3080. The van der Waals surface area contributed by atoms with Gasteiger partial charge in [-0.3, -0.25) is 0 Å². The molecular formula is C53H34N2S. The molecule has 0 bridgehead atoms. The number of hydrogen-bond donors (Lipinski definition) is 0. The highest BCUT2D eigenvalue weighted by Gasteiger charge is 2.50. The molecule has 3 heteroatoms. The number of aromatic nitrogens is 1. The zero-order valence-electron chi connectivity index (χ0n) is 30.4. The van der Waals surface area contributed by atoms with E-state index in [0.717, 1.165) is 22.7 Å². The van der Waals surface area contributed by atoms with Gasteiger partial charge in [0.15, 0.2) is 0 Å². The van der Waals surface area contributed by atoms with Gasteiger partial charge in [0, 0.05) is 48.7 Å². The predicted octanol–water partition coefficient (Wildman–Crippen LogP) is 14.2. The fourth-order valence-electron chi connectivity index (χ4n) is 9.78. The molecule has 1 aliphatic carbocycles. The van der Waals surface area contributed by atoms with Gasteiger partial charge in [-0.15, -0.1) is 0 Å². The van der Waals surface area contributed by atoms with Crippen molar-refractivity contribution < 1.29 is 0 Å². The van der Waals surface area contributed by atoms with Crippen molar-refractivity contribution in [2.45, 2.75) is 15.2 Å². The summed E-state index contributed by atoms with van der Waals surface area (Å²) in [5, 5.41) is 5.02. The van der Waals surface area contributed by atoms with Crippen molar-refractivity contribution in [3.05, 3.63) is 229 Å². The Morgan fingerprint density at radius 1 is 0.375 bits per heavy atom. The smallest absolute Gasteiger partial charge is 0.0736 e. The molecule has 0 unspecified atom stereocenters. The third kappa shape index (κ3) is 4.29. The van der Waals surface area contributed by atoms with E-state index in [1.807, 2.05) is 11.8 Å². The zero-order valence-corrected chi connectivity index (χ0v) is 31.2. The van der Waals surface area contributed by atoms with E-state index in [-0.39, 0.29) is 0 Å². The lowest BCUT2D eigenvalue weighted by molar-refractivity contribution is 0.724. The molecule has 0 saturated carbocycles. The van der Waals surface area contributed by atoms with Crippen molar-refractivity contribution in [3.8, 4) is 16.8 Å². The van der Waals surface area contributed by atoms with Crippen LogP contribution in [0.3, 0.4) is 0 Å². The highest BCUT2D eigenvalue weighted by molar-refractivity contribution is 7.99. The van der Waals surface area contributed by atoms with Crippen LogP contribution >= 0.6 is 11.8 Å². The molecule has 1 spiro atoms. The lowest BCUT2D eigenvalue weighted by atomic mass is 9.67. The summed E-state index contributed by atoms with van der Waals surface area (Å²) in [6, 6.07) is 76.0. The number of anilines is 3. The van der Waals surface area contributed by atoms with Gasteiger partial charge in [-0.25, -0.2) is 0 Å². The second kappa shape index (κ2) is 12.1. The summed E-state index contributed by atoms with van der Waals surface area (Å²) in [7, 11) is 0. The molecular weight excluding hydrogens is 697 g/mol. The molecule has 56 heavy (non-hydrogen) atoms. The van der Waals surface area contributed by atoms with Crippen LogP contribution in [0.4, 0.5) is 17.1 Å². The van der Waals surface area contributed by atoms with E-state index >= 15 is 0 Å². The van der Waals surface area contributed by atoms with E-state index in [1.54, 1.807) is 0 Å². The summed E-state index contributed by atoms with van der Waals surface area (Å²) >= 11 is 1.93. The van der Waals surface area contributed by atoms with Crippen LogP contribution in [0.15, 0.2) is 216 Å². The Morgan fingerprint density at radius 2 is 0.911 bits per heavy atom. The summed E-state index contributed by atoms with van der Waals surface area (Å²) in [6.45, 7) is 0. The molecule has 10 aromatic rings. The lowest BCUT2D eigenvalue weighted by Crippen LogP contribution is -2.32. The van der Waals surface area contributed by atoms with E-state index in [0.29, 0.717) is 0 Å². The van der Waals surface area contributed by atoms with Crippen molar-refractivity contribution in [2.24, 2.45) is 0 Å². The van der Waals surface area contributed by atoms with Crippen LogP contribution < -0.4 is 4.90 Å². The van der Waals surface area contributed by atoms with Gasteiger partial charge in [0.25, 0.3) is 0 Å². The second-order valence-corrected chi connectivity index (χ2v) is 15.9. The highest BCUT2D eigenvalue weighted by Crippen LogP contribution is 2.63. The molecule has 0 atom stereocenters. The van der Waals surface area contributed by atoms with Crippen LogP contribution in [-0.2, 0) is 5.41 Å². The van der Waals surface area contributed by atoms with E-state index in [4.69, 9.17) is 0 Å². The molecule has 2 aliphatic rings. The van der Waals surface area contributed by atoms with Gasteiger partial charge in [0.1, 0.15) is 0 Å². The Morgan fingerprint density at radius 3 is 1.61 bits per heavy atom. The summed E-state index contributed by atoms with van der Waals surface area (Å²) in [5.41, 5.74) is 14.6. The maximum Gasteiger partial charge on any atom is 0.0736 e.